The van der Waals surface area contributed by atoms with Gasteiger partial charge in [-0.25, -0.2) is 4.98 Å². The molecule has 2 aromatic carbocycles. The third-order valence-electron chi connectivity index (χ3n) is 12.3. The molecule has 2 fully saturated rings. The van der Waals surface area contributed by atoms with Crippen LogP contribution >= 0.6 is 23.2 Å². The molecule has 5 heterocycles. The summed E-state index contributed by atoms with van der Waals surface area (Å²) < 4.78 is 11.7. The molecular weight excluding hydrogens is 966 g/mol. The Morgan fingerprint density at radius 2 is 1.58 bits per heavy atom. The number of fused-ring (bicyclic) bond motifs is 1. The molecule has 72 heavy (non-hydrogen) atoms. The minimum Gasteiger partial charge on any atom is -0.493 e. The molecule has 19 nitrogen and oxygen atoms in total. The smallest absolute Gasteiger partial charge is 0.262 e. The van der Waals surface area contributed by atoms with E-state index in [-0.39, 0.29) is 71.0 Å². The summed E-state index contributed by atoms with van der Waals surface area (Å²) in [5, 5.41) is 25.4. The van der Waals surface area contributed by atoms with Gasteiger partial charge in [0, 0.05) is 111 Å². The normalized spacial score (nSPS) is 15.1. The number of nitrogens with one attached hydrogen (secondary N) is 3. The Balaban J connectivity index is 0.00000235. The zero-order valence-corrected chi connectivity index (χ0v) is 43.0. The van der Waals surface area contributed by atoms with Crippen molar-refractivity contribution in [2.75, 3.05) is 75.9 Å². The second kappa shape index (κ2) is 25.7. The summed E-state index contributed by atoms with van der Waals surface area (Å²) in [5.41, 5.74) is 8.75. The molecule has 21 heteroatoms. The fourth-order valence-electron chi connectivity index (χ4n) is 8.67. The number of benzene rings is 2. The van der Waals surface area contributed by atoms with Crippen LogP contribution in [0.4, 0.5) is 17.2 Å². The van der Waals surface area contributed by atoms with Gasteiger partial charge < -0.3 is 45.3 Å². The van der Waals surface area contributed by atoms with E-state index in [4.69, 9.17) is 43.8 Å². The van der Waals surface area contributed by atoms with E-state index in [1.807, 2.05) is 32.6 Å². The maximum absolute atomic E-state index is 13.7. The van der Waals surface area contributed by atoms with Crippen molar-refractivity contribution in [1.82, 2.24) is 30.0 Å². The van der Waals surface area contributed by atoms with Crippen LogP contribution in [0.25, 0.3) is 0 Å². The van der Waals surface area contributed by atoms with Gasteiger partial charge in [-0.1, -0.05) is 50.9 Å². The largest absolute Gasteiger partial charge is 0.493 e. The van der Waals surface area contributed by atoms with Crippen molar-refractivity contribution in [2.45, 2.75) is 72.4 Å². The molecule has 2 atom stereocenters. The predicted octanol–water partition coefficient (Wildman–Crippen LogP) is 6.54. The third-order valence-corrected chi connectivity index (χ3v) is 13.0. The lowest BCUT2D eigenvalue weighted by molar-refractivity contribution is -0.140. The molecule has 1 unspecified atom stereocenters. The number of amides is 5. The summed E-state index contributed by atoms with van der Waals surface area (Å²) in [5.74, 6) is -1.26. The fourth-order valence-corrected chi connectivity index (χ4v) is 9.34. The molecule has 4 aromatic rings. The van der Waals surface area contributed by atoms with Gasteiger partial charge in [0.15, 0.2) is 11.5 Å². The van der Waals surface area contributed by atoms with E-state index >= 15 is 0 Å². The molecule has 0 saturated carbocycles. The van der Waals surface area contributed by atoms with Crippen molar-refractivity contribution in [3.05, 3.63) is 98.4 Å². The molecular formula is C51H61Cl2N11O8. The first-order valence-corrected chi connectivity index (χ1v) is 24.6. The zero-order valence-electron chi connectivity index (χ0n) is 41.5. The minimum atomic E-state index is -1.14. The highest BCUT2D eigenvalue weighted by Gasteiger charge is 2.42. The van der Waals surface area contributed by atoms with Crippen molar-refractivity contribution in [1.29, 1.82) is 10.7 Å². The Kier molecular flexibility index (Phi) is 19.9. The van der Waals surface area contributed by atoms with Gasteiger partial charge in [-0.2, -0.15) is 5.26 Å². The molecule has 0 bridgehead atoms. The van der Waals surface area contributed by atoms with Gasteiger partial charge in [0.05, 0.1) is 46.1 Å². The Morgan fingerprint density at radius 3 is 2.19 bits per heavy atom. The number of pyridine rings is 2. The number of methoxy groups -OCH3 is 1. The van der Waals surface area contributed by atoms with Crippen LogP contribution in [-0.4, -0.2) is 132 Å². The van der Waals surface area contributed by atoms with E-state index < -0.39 is 29.9 Å². The summed E-state index contributed by atoms with van der Waals surface area (Å²) in [7, 11) is 2.85. The standard InChI is InChI=1S/C47H49Cl2N11O8.2C2H6/c1-26(41-34(48)23-54-24-35(41)49)68-39-19-33(36(51)20-38(39)67-3)42(52)29-17-28(21-50)43(56-22-29)58-12-14-59(15-13-58)45(64)27-8-10-57(11-9-27)40(62)25-55-30-6-7-31-32(18-30)47(66)60(46(31)65)37(5-4-16-61)44(63)53-2;2*1-2/h6-7,16-20,22-24,26-27,37,52,55H,4-5,8-15,25,51H2,1-3H3,(H,53,63);2*1-2H3/t26-,37?;;/m1../s1. The second-order valence-corrected chi connectivity index (χ2v) is 17.2. The number of piperidine rings is 1. The summed E-state index contributed by atoms with van der Waals surface area (Å²) in [6, 6.07) is 10.3. The molecule has 5 amide bonds. The van der Waals surface area contributed by atoms with Crippen LogP contribution in [0.5, 0.6) is 11.5 Å². The number of hydrogen-bond donors (Lipinski definition) is 4. The number of anilines is 3. The third kappa shape index (κ3) is 12.2. The molecule has 7 rings (SSSR count). The zero-order chi connectivity index (χ0) is 52.8. The van der Waals surface area contributed by atoms with Gasteiger partial charge >= 0.3 is 0 Å². The fraction of sp³-hybridized carbons (Fsp3) is 0.412. The van der Waals surface area contributed by atoms with Gasteiger partial charge in [0.2, 0.25) is 17.7 Å². The summed E-state index contributed by atoms with van der Waals surface area (Å²) >= 11 is 12.7. The quantitative estimate of drug-likeness (QED) is 0.0402. The van der Waals surface area contributed by atoms with Gasteiger partial charge in [-0.3, -0.25) is 39.3 Å². The summed E-state index contributed by atoms with van der Waals surface area (Å²) in [6.45, 7) is 12.1. The average molecular weight is 1030 g/mol. The van der Waals surface area contributed by atoms with Crippen LogP contribution in [0.1, 0.15) is 109 Å². The van der Waals surface area contributed by atoms with E-state index in [0.29, 0.717) is 102 Å². The average Bonchev–Trinajstić information content (AvgIpc) is 3.65. The molecule has 2 saturated heterocycles. The topological polar surface area (TPSA) is 257 Å². The van der Waals surface area contributed by atoms with E-state index in [1.54, 1.807) is 41.0 Å². The van der Waals surface area contributed by atoms with Crippen LogP contribution in [0.15, 0.2) is 55.0 Å². The van der Waals surface area contributed by atoms with Crippen LogP contribution in [0, 0.1) is 22.7 Å². The lowest BCUT2D eigenvalue weighted by atomic mass is 9.95. The van der Waals surface area contributed by atoms with Gasteiger partial charge in [-0.15, -0.1) is 0 Å². The van der Waals surface area contributed by atoms with Crippen LogP contribution < -0.4 is 30.7 Å². The highest BCUT2D eigenvalue weighted by molar-refractivity contribution is 6.35. The van der Waals surface area contributed by atoms with E-state index in [1.165, 1.54) is 44.9 Å². The van der Waals surface area contributed by atoms with E-state index in [2.05, 4.69) is 26.7 Å². The number of hydrogen-bond acceptors (Lipinski definition) is 15. The van der Waals surface area contributed by atoms with Crippen LogP contribution in [0.2, 0.25) is 10.0 Å². The summed E-state index contributed by atoms with van der Waals surface area (Å²) in [6.07, 6.45) is 5.40. The highest BCUT2D eigenvalue weighted by atomic mass is 35.5. The molecule has 2 aromatic heterocycles. The number of likely N-dealkylation sites (N-methyl/N-ethyl adjacent to an activating group) is 1. The van der Waals surface area contributed by atoms with Crippen molar-refractivity contribution < 1.29 is 38.2 Å². The minimum absolute atomic E-state index is 0.00337. The van der Waals surface area contributed by atoms with Crippen molar-refractivity contribution in [3.63, 3.8) is 0 Å². The molecule has 3 aliphatic heterocycles. The maximum Gasteiger partial charge on any atom is 0.262 e. The Bertz CT molecular complexity index is 2700. The number of likely N-dealkylation sites (tertiary alicyclic amines) is 1. The molecule has 3 aliphatic rings. The maximum atomic E-state index is 13.7. The monoisotopic (exact) mass is 1030 g/mol. The first-order valence-electron chi connectivity index (χ1n) is 23.8. The van der Waals surface area contributed by atoms with Gasteiger partial charge in [0.25, 0.3) is 11.8 Å². The van der Waals surface area contributed by atoms with E-state index in [9.17, 15) is 34.0 Å². The number of nitrogens with two attached hydrogens (primary N) is 1. The first-order chi connectivity index (χ1) is 34.7. The Hall–Kier alpha value is -7.30. The van der Waals surface area contributed by atoms with Crippen molar-refractivity contribution in [3.8, 4) is 17.6 Å². The van der Waals surface area contributed by atoms with Crippen LogP contribution in [0.3, 0.4) is 0 Å². The van der Waals surface area contributed by atoms with Gasteiger partial charge in [-0.05, 0) is 56.5 Å². The lowest BCUT2D eigenvalue weighted by Crippen LogP contribution is -2.52. The van der Waals surface area contributed by atoms with Crippen molar-refractivity contribution in [2.24, 2.45) is 5.92 Å². The molecule has 0 spiro atoms. The number of nitriles is 1. The number of halogens is 2. The molecule has 5 N–H and O–H groups in total. The molecule has 382 valence electrons. The number of carbonyl (C=O) groups excluding carboxylic acids is 6. The molecule has 0 aliphatic carbocycles. The number of imide groups is 1. The van der Waals surface area contributed by atoms with E-state index in [0.717, 1.165) is 4.90 Å². The SMILES string of the molecule is CC.CC.CNC(=O)C(CCC=O)N1C(=O)c2ccc(NCC(=O)N3CCC(C(=O)N4CCN(c5ncc(C(=N)c6cc(O[C@H](C)c7c(Cl)cncc7Cl)c(OC)cc6N)cc5C#N)CC4)CC3)cc2C1=O. The number of carbonyl (C=O) groups is 6. The predicted molar refractivity (Wildman–Crippen MR) is 275 cm³/mol. The van der Waals surface area contributed by atoms with Crippen LogP contribution in [-0.2, 0) is 19.2 Å². The first kappa shape index (κ1) is 55.6. The number of aldehydes is 1. The van der Waals surface area contributed by atoms with Gasteiger partial charge in [0.1, 0.15) is 30.3 Å². The Morgan fingerprint density at radius 1 is 0.931 bits per heavy atom. The number of piperazine rings is 1. The number of ether oxygens (including phenoxy) is 2. The van der Waals surface area contributed by atoms with Crippen molar-refractivity contribution >= 4 is 81.9 Å². The Labute approximate surface area is 429 Å². The number of nitrogen functional groups attached to an aromatic ring is 1. The number of rotatable bonds is 16. The summed E-state index contributed by atoms with van der Waals surface area (Å²) in [4.78, 5) is 91.8. The number of aromatic nitrogens is 2. The lowest BCUT2D eigenvalue weighted by Gasteiger charge is -2.39. The highest BCUT2D eigenvalue weighted by Crippen LogP contribution is 2.39. The number of nitrogens with zero attached hydrogens (tertiary/aromatic N) is 7. The molecule has 0 radical (unpaired) electrons. The second-order valence-electron chi connectivity index (χ2n) is 16.4.